The van der Waals surface area contributed by atoms with Crippen LogP contribution in [0.15, 0.2) is 17.8 Å². The van der Waals surface area contributed by atoms with Gasteiger partial charge in [-0.25, -0.2) is 0 Å². The third kappa shape index (κ3) is 1.43. The summed E-state index contributed by atoms with van der Waals surface area (Å²) in [6, 6.07) is 0. The zero-order valence-electron chi connectivity index (χ0n) is 5.70. The van der Waals surface area contributed by atoms with Gasteiger partial charge in [0.2, 0.25) is 0 Å². The van der Waals surface area contributed by atoms with E-state index in [0.717, 1.165) is 6.42 Å². The van der Waals surface area contributed by atoms with Gasteiger partial charge in [0.1, 0.15) is 0 Å². The fraction of sp³-hybridized carbons (Fsp3) is 0.429. The number of allylic oxidation sites excluding steroid dienone is 3. The van der Waals surface area contributed by atoms with Crippen LogP contribution >= 0.6 is 0 Å². The van der Waals surface area contributed by atoms with Gasteiger partial charge in [0.05, 0.1) is 4.92 Å². The number of hydrogen-bond acceptors (Lipinski definition) is 2. The van der Waals surface area contributed by atoms with Crippen molar-refractivity contribution >= 4 is 0 Å². The number of hydrogen-bond donors (Lipinski definition) is 0. The van der Waals surface area contributed by atoms with Crippen molar-refractivity contribution in [2.24, 2.45) is 5.92 Å². The van der Waals surface area contributed by atoms with Gasteiger partial charge in [-0.1, -0.05) is 6.92 Å². The second-order valence-electron chi connectivity index (χ2n) is 2.33. The van der Waals surface area contributed by atoms with E-state index in [1.807, 2.05) is 6.92 Å². The summed E-state index contributed by atoms with van der Waals surface area (Å²) >= 11 is 0. The van der Waals surface area contributed by atoms with Crippen molar-refractivity contribution in [3.63, 3.8) is 0 Å². The van der Waals surface area contributed by atoms with Crippen molar-refractivity contribution < 1.29 is 4.92 Å². The number of nitro groups is 1. The lowest BCUT2D eigenvalue weighted by Gasteiger charge is -2.03. The summed E-state index contributed by atoms with van der Waals surface area (Å²) < 4.78 is 0. The highest BCUT2D eigenvalue weighted by molar-refractivity contribution is 5.13. The summed E-state index contributed by atoms with van der Waals surface area (Å²) in [6.45, 7) is 1.98. The minimum atomic E-state index is -0.390. The van der Waals surface area contributed by atoms with Gasteiger partial charge < -0.3 is 0 Å². The molecule has 0 saturated heterocycles. The summed E-state index contributed by atoms with van der Waals surface area (Å²) in [5.74, 6) is 0.323. The highest BCUT2D eigenvalue weighted by atomic mass is 16.6. The van der Waals surface area contributed by atoms with Crippen molar-refractivity contribution in [3.05, 3.63) is 34.0 Å². The van der Waals surface area contributed by atoms with Crippen LogP contribution in [0.3, 0.4) is 0 Å². The molecule has 1 aliphatic rings. The van der Waals surface area contributed by atoms with Crippen molar-refractivity contribution in [1.29, 1.82) is 0 Å². The molecule has 0 saturated carbocycles. The van der Waals surface area contributed by atoms with E-state index in [4.69, 9.17) is 0 Å². The molecule has 0 aromatic carbocycles. The first-order valence-corrected chi connectivity index (χ1v) is 3.14. The molecule has 3 heteroatoms. The Kier molecular flexibility index (Phi) is 1.85. The largest absolute Gasteiger partial charge is 0.265 e. The van der Waals surface area contributed by atoms with Crippen LogP contribution in [0, 0.1) is 22.1 Å². The van der Waals surface area contributed by atoms with E-state index >= 15 is 0 Å². The molecular weight excluding hydrogens is 130 g/mol. The van der Waals surface area contributed by atoms with Gasteiger partial charge in [0.15, 0.2) is 0 Å². The topological polar surface area (TPSA) is 43.1 Å². The predicted octanol–water partition coefficient (Wildman–Crippen LogP) is 1.55. The zero-order valence-corrected chi connectivity index (χ0v) is 5.70. The van der Waals surface area contributed by atoms with Gasteiger partial charge >= 0.3 is 0 Å². The monoisotopic (exact) mass is 138 g/mol. The Morgan fingerprint density at radius 1 is 1.90 bits per heavy atom. The van der Waals surface area contributed by atoms with E-state index in [0.29, 0.717) is 5.92 Å². The standard InChI is InChI=1S/C7H8NO2/c1-6-2-4-7(5-3-6)8(9)10/h4-6H,2H2,1H3/t6-/m1/s1. The predicted molar refractivity (Wildman–Crippen MR) is 36.7 cm³/mol. The quantitative estimate of drug-likeness (QED) is 0.407. The number of rotatable bonds is 1. The zero-order chi connectivity index (χ0) is 7.56. The van der Waals surface area contributed by atoms with Crippen molar-refractivity contribution in [1.82, 2.24) is 0 Å². The molecule has 0 amide bonds. The van der Waals surface area contributed by atoms with E-state index < -0.39 is 4.92 Å². The fourth-order valence-electron chi connectivity index (χ4n) is 0.779. The molecule has 1 atom stereocenters. The highest BCUT2D eigenvalue weighted by Crippen LogP contribution is 2.14. The lowest BCUT2D eigenvalue weighted by atomic mass is 10.0. The first kappa shape index (κ1) is 6.99. The van der Waals surface area contributed by atoms with E-state index in [9.17, 15) is 10.1 Å². The van der Waals surface area contributed by atoms with Crippen LogP contribution in [0.2, 0.25) is 0 Å². The van der Waals surface area contributed by atoms with Gasteiger partial charge in [-0.15, -0.1) is 0 Å². The van der Waals surface area contributed by atoms with Crippen molar-refractivity contribution in [3.8, 4) is 0 Å². The van der Waals surface area contributed by atoms with E-state index in [-0.39, 0.29) is 5.70 Å². The van der Waals surface area contributed by atoms with Crippen LogP contribution in [0.1, 0.15) is 13.3 Å². The molecule has 0 N–H and O–H groups in total. The maximum Gasteiger partial charge on any atom is 0.265 e. The van der Waals surface area contributed by atoms with Crippen LogP contribution in [0.5, 0.6) is 0 Å². The molecular formula is C7H8NO2. The minimum absolute atomic E-state index is 0.165. The third-order valence-corrected chi connectivity index (χ3v) is 1.41. The Morgan fingerprint density at radius 3 is 3.00 bits per heavy atom. The van der Waals surface area contributed by atoms with Crippen LogP contribution in [-0.2, 0) is 0 Å². The Hall–Kier alpha value is -1.12. The molecule has 3 nitrogen and oxygen atoms in total. The van der Waals surface area contributed by atoms with Gasteiger partial charge in [-0.05, 0) is 24.5 Å². The smallest absolute Gasteiger partial charge is 0.258 e. The third-order valence-electron chi connectivity index (χ3n) is 1.41. The molecule has 1 aliphatic carbocycles. The summed E-state index contributed by atoms with van der Waals surface area (Å²) in [5, 5.41) is 10.1. The molecule has 0 aromatic rings. The Labute approximate surface area is 59.2 Å². The molecule has 53 valence electrons. The SMILES string of the molecule is C[C@H]1[C]=CC([N+](=O)[O-])=CC1. The molecule has 0 heterocycles. The highest BCUT2D eigenvalue weighted by Gasteiger charge is 2.11. The van der Waals surface area contributed by atoms with E-state index in [2.05, 4.69) is 6.08 Å². The molecule has 1 radical (unpaired) electrons. The van der Waals surface area contributed by atoms with Crippen molar-refractivity contribution in [2.45, 2.75) is 13.3 Å². The normalized spacial score (nSPS) is 24.1. The lowest BCUT2D eigenvalue weighted by molar-refractivity contribution is -0.419. The Balaban J connectivity index is 2.67. The van der Waals surface area contributed by atoms with Crippen LogP contribution in [0.25, 0.3) is 0 Å². The fourth-order valence-corrected chi connectivity index (χ4v) is 0.779. The molecule has 0 spiro atoms. The summed E-state index contributed by atoms with van der Waals surface area (Å²) in [4.78, 5) is 9.74. The molecule has 10 heavy (non-hydrogen) atoms. The van der Waals surface area contributed by atoms with Gasteiger partial charge in [-0.3, -0.25) is 10.1 Å². The first-order valence-electron chi connectivity index (χ1n) is 3.14. The maximum absolute atomic E-state index is 10.1. The molecule has 0 bridgehead atoms. The molecule has 0 fully saturated rings. The van der Waals surface area contributed by atoms with Gasteiger partial charge in [0, 0.05) is 6.08 Å². The minimum Gasteiger partial charge on any atom is -0.258 e. The van der Waals surface area contributed by atoms with Gasteiger partial charge in [0.25, 0.3) is 5.70 Å². The van der Waals surface area contributed by atoms with Crippen LogP contribution in [-0.4, -0.2) is 4.92 Å². The maximum atomic E-state index is 10.1. The lowest BCUT2D eigenvalue weighted by Crippen LogP contribution is -2.02. The Morgan fingerprint density at radius 2 is 2.60 bits per heavy atom. The van der Waals surface area contributed by atoms with Crippen LogP contribution in [0.4, 0.5) is 0 Å². The second-order valence-corrected chi connectivity index (χ2v) is 2.33. The summed E-state index contributed by atoms with van der Waals surface area (Å²) in [7, 11) is 0. The Bertz CT molecular complexity index is 206. The van der Waals surface area contributed by atoms with E-state index in [1.54, 1.807) is 6.08 Å². The second kappa shape index (κ2) is 2.64. The average Bonchev–Trinajstić information content (AvgIpc) is 1.88. The summed E-state index contributed by atoms with van der Waals surface area (Å²) in [6.07, 6.45) is 6.67. The van der Waals surface area contributed by atoms with Crippen LogP contribution < -0.4 is 0 Å². The first-order chi connectivity index (χ1) is 4.70. The molecule has 1 rings (SSSR count). The average molecular weight is 138 g/mol. The summed E-state index contributed by atoms with van der Waals surface area (Å²) in [5.41, 5.74) is 0.165. The molecule has 0 aliphatic heterocycles. The number of nitrogens with zero attached hydrogens (tertiary/aromatic N) is 1. The van der Waals surface area contributed by atoms with E-state index in [1.165, 1.54) is 6.08 Å². The van der Waals surface area contributed by atoms with Gasteiger partial charge in [-0.2, -0.15) is 0 Å². The van der Waals surface area contributed by atoms with Crippen molar-refractivity contribution in [2.75, 3.05) is 0 Å². The molecule has 0 unspecified atom stereocenters. The molecule has 0 aromatic heterocycles.